The molecule has 0 N–H and O–H groups in total. The molecule has 0 aromatic rings. The lowest BCUT2D eigenvalue weighted by Crippen LogP contribution is -2.58. The number of imide groups is 1. The second-order valence-corrected chi connectivity index (χ2v) is 10.1. The van der Waals surface area contributed by atoms with Crippen molar-refractivity contribution in [3.8, 4) is 0 Å². The van der Waals surface area contributed by atoms with E-state index >= 15 is 0 Å². The molecule has 0 spiro atoms. The SMILES string of the molecule is CCC1(C)C(=O)N(C)C(=O)N1[Si](C)(C)C. The fourth-order valence-corrected chi connectivity index (χ4v) is 4.70. The third-order valence-corrected chi connectivity index (χ3v) is 5.12. The Labute approximate surface area is 92.3 Å². The smallest absolute Gasteiger partial charge is 0.319 e. The van der Waals surface area contributed by atoms with Crippen molar-refractivity contribution in [1.82, 2.24) is 9.47 Å². The number of amides is 3. The zero-order valence-corrected chi connectivity index (χ0v) is 11.4. The molecule has 1 heterocycles. The minimum absolute atomic E-state index is 0.0718. The number of likely N-dealkylation sites (N-methyl/N-ethyl adjacent to an activating group) is 1. The number of urea groups is 1. The first kappa shape index (κ1) is 12.2. The Hall–Kier alpha value is -0.843. The van der Waals surface area contributed by atoms with Crippen molar-refractivity contribution in [3.63, 3.8) is 0 Å². The van der Waals surface area contributed by atoms with Gasteiger partial charge in [-0.15, -0.1) is 0 Å². The second-order valence-electron chi connectivity index (χ2n) is 5.28. The molecule has 4 nitrogen and oxygen atoms in total. The maximum Gasteiger partial charge on any atom is 0.319 e. The molecule has 5 heteroatoms. The van der Waals surface area contributed by atoms with Crippen LogP contribution in [0.15, 0.2) is 0 Å². The Morgan fingerprint density at radius 2 is 1.73 bits per heavy atom. The molecule has 1 aliphatic rings. The van der Waals surface area contributed by atoms with Crippen LogP contribution in [0.1, 0.15) is 20.3 Å². The van der Waals surface area contributed by atoms with Gasteiger partial charge in [0.05, 0.1) is 0 Å². The maximum atomic E-state index is 12.0. The fourth-order valence-electron chi connectivity index (χ4n) is 2.24. The van der Waals surface area contributed by atoms with E-state index in [1.54, 1.807) is 7.05 Å². The second kappa shape index (κ2) is 3.33. The first-order chi connectivity index (χ1) is 6.66. The van der Waals surface area contributed by atoms with Crippen LogP contribution in [0.5, 0.6) is 0 Å². The van der Waals surface area contributed by atoms with Crippen LogP contribution in [0.25, 0.3) is 0 Å². The van der Waals surface area contributed by atoms with Gasteiger partial charge in [0.2, 0.25) is 0 Å². The average molecular weight is 228 g/mol. The third-order valence-electron chi connectivity index (χ3n) is 3.10. The zero-order valence-electron chi connectivity index (χ0n) is 10.4. The van der Waals surface area contributed by atoms with Gasteiger partial charge in [-0.05, 0) is 13.3 Å². The number of carbonyl (C=O) groups is 2. The van der Waals surface area contributed by atoms with Crippen molar-refractivity contribution in [2.24, 2.45) is 0 Å². The predicted molar refractivity (Wildman–Crippen MR) is 62.0 cm³/mol. The Morgan fingerprint density at radius 1 is 1.27 bits per heavy atom. The van der Waals surface area contributed by atoms with Crippen molar-refractivity contribution >= 4 is 20.2 Å². The van der Waals surface area contributed by atoms with Crippen LogP contribution in [0, 0.1) is 0 Å². The van der Waals surface area contributed by atoms with Gasteiger partial charge in [-0.25, -0.2) is 4.79 Å². The molecule has 15 heavy (non-hydrogen) atoms. The molecule has 0 aliphatic carbocycles. The Morgan fingerprint density at radius 3 is 2.00 bits per heavy atom. The number of hydrogen-bond donors (Lipinski definition) is 0. The van der Waals surface area contributed by atoms with Crippen LogP contribution >= 0.6 is 0 Å². The van der Waals surface area contributed by atoms with Gasteiger partial charge in [0.15, 0.2) is 8.24 Å². The van der Waals surface area contributed by atoms with Gasteiger partial charge in [-0.3, -0.25) is 9.69 Å². The predicted octanol–water partition coefficient (Wildman–Crippen LogP) is 1.88. The highest BCUT2D eigenvalue weighted by Gasteiger charge is 2.55. The van der Waals surface area contributed by atoms with Gasteiger partial charge >= 0.3 is 6.03 Å². The summed E-state index contributed by atoms with van der Waals surface area (Å²) in [6.45, 7) is 10.1. The molecular formula is C10H20N2O2Si. The molecule has 0 aromatic carbocycles. The molecule has 3 amide bonds. The van der Waals surface area contributed by atoms with E-state index in [0.29, 0.717) is 6.42 Å². The van der Waals surface area contributed by atoms with Gasteiger partial charge in [0.1, 0.15) is 5.54 Å². The van der Waals surface area contributed by atoms with Gasteiger partial charge < -0.3 is 4.57 Å². The number of hydrogen-bond acceptors (Lipinski definition) is 2. The van der Waals surface area contributed by atoms with Crippen molar-refractivity contribution in [1.29, 1.82) is 0 Å². The first-order valence-corrected chi connectivity index (χ1v) is 8.73. The molecule has 86 valence electrons. The van der Waals surface area contributed by atoms with Crippen LogP contribution in [0.4, 0.5) is 4.79 Å². The molecule has 1 atom stereocenters. The Bertz CT molecular complexity index is 311. The van der Waals surface area contributed by atoms with E-state index < -0.39 is 13.8 Å². The number of carbonyl (C=O) groups excluding carboxylic acids is 2. The molecule has 0 saturated carbocycles. The zero-order chi connectivity index (χ0) is 12.0. The van der Waals surface area contributed by atoms with E-state index in [0.717, 1.165) is 0 Å². The Balaban J connectivity index is 3.25. The molecule has 1 saturated heterocycles. The lowest BCUT2D eigenvalue weighted by Gasteiger charge is -2.39. The van der Waals surface area contributed by atoms with E-state index in [2.05, 4.69) is 19.6 Å². The fraction of sp³-hybridized carbons (Fsp3) is 0.800. The van der Waals surface area contributed by atoms with Crippen LogP contribution in [0.3, 0.4) is 0 Å². The van der Waals surface area contributed by atoms with Gasteiger partial charge in [0, 0.05) is 7.05 Å². The van der Waals surface area contributed by atoms with Crippen molar-refractivity contribution in [2.75, 3.05) is 7.05 Å². The van der Waals surface area contributed by atoms with E-state index in [1.807, 2.05) is 18.4 Å². The minimum Gasteiger partial charge on any atom is -0.338 e. The van der Waals surface area contributed by atoms with Crippen LogP contribution in [-0.4, -0.2) is 42.2 Å². The Kier molecular flexibility index (Phi) is 2.72. The largest absolute Gasteiger partial charge is 0.338 e. The topological polar surface area (TPSA) is 40.6 Å². The number of rotatable bonds is 2. The lowest BCUT2D eigenvalue weighted by molar-refractivity contribution is -0.131. The molecule has 1 fully saturated rings. The van der Waals surface area contributed by atoms with Gasteiger partial charge in [-0.1, -0.05) is 26.6 Å². The van der Waals surface area contributed by atoms with E-state index in [-0.39, 0.29) is 11.9 Å². The van der Waals surface area contributed by atoms with Gasteiger partial charge in [-0.2, -0.15) is 0 Å². The maximum absolute atomic E-state index is 12.0. The summed E-state index contributed by atoms with van der Waals surface area (Å²) >= 11 is 0. The number of nitrogens with zero attached hydrogens (tertiary/aromatic N) is 2. The average Bonchev–Trinajstić information content (AvgIpc) is 2.28. The highest BCUT2D eigenvalue weighted by molar-refractivity contribution is 6.76. The summed E-state index contributed by atoms with van der Waals surface area (Å²) in [7, 11) is -0.238. The molecule has 1 aliphatic heterocycles. The summed E-state index contributed by atoms with van der Waals surface area (Å²) in [4.78, 5) is 25.3. The molecule has 0 bridgehead atoms. The molecule has 0 aromatic heterocycles. The molecule has 0 radical (unpaired) electrons. The third kappa shape index (κ3) is 1.58. The summed E-state index contributed by atoms with van der Waals surface area (Å²) in [5.41, 5.74) is -0.629. The summed E-state index contributed by atoms with van der Waals surface area (Å²) in [6.07, 6.45) is 0.673. The molecular weight excluding hydrogens is 208 g/mol. The minimum atomic E-state index is -1.81. The van der Waals surface area contributed by atoms with Crippen LogP contribution < -0.4 is 0 Å². The lowest BCUT2D eigenvalue weighted by atomic mass is 10.00. The van der Waals surface area contributed by atoms with Crippen molar-refractivity contribution < 1.29 is 9.59 Å². The van der Waals surface area contributed by atoms with E-state index in [9.17, 15) is 9.59 Å². The highest BCUT2D eigenvalue weighted by atomic mass is 28.3. The monoisotopic (exact) mass is 228 g/mol. The standard InChI is InChI=1S/C10H20N2O2Si/c1-7-10(2)8(13)11(3)9(14)12(10)15(4,5)6/h7H2,1-6H3. The molecule has 1 rings (SSSR count). The van der Waals surface area contributed by atoms with Crippen LogP contribution in [-0.2, 0) is 4.79 Å². The van der Waals surface area contributed by atoms with Crippen molar-refractivity contribution in [2.45, 2.75) is 45.4 Å². The summed E-state index contributed by atoms with van der Waals surface area (Å²) < 4.78 is 1.82. The highest BCUT2D eigenvalue weighted by Crippen LogP contribution is 2.34. The van der Waals surface area contributed by atoms with Crippen LogP contribution in [0.2, 0.25) is 19.6 Å². The summed E-state index contributed by atoms with van der Waals surface area (Å²) in [5, 5.41) is 0. The normalized spacial score (nSPS) is 27.9. The van der Waals surface area contributed by atoms with Gasteiger partial charge in [0.25, 0.3) is 5.91 Å². The van der Waals surface area contributed by atoms with E-state index in [4.69, 9.17) is 0 Å². The van der Waals surface area contributed by atoms with E-state index in [1.165, 1.54) is 4.90 Å². The quantitative estimate of drug-likeness (QED) is 0.535. The summed E-state index contributed by atoms with van der Waals surface area (Å²) in [5.74, 6) is -0.0718. The summed E-state index contributed by atoms with van der Waals surface area (Å²) in [6, 6.07) is -0.136. The molecule has 1 unspecified atom stereocenters. The van der Waals surface area contributed by atoms with Crippen molar-refractivity contribution in [3.05, 3.63) is 0 Å². The first-order valence-electron chi connectivity index (χ1n) is 5.28.